The van der Waals surface area contributed by atoms with E-state index >= 15 is 0 Å². The lowest BCUT2D eigenvalue weighted by atomic mass is 10.2. The normalized spacial score (nSPS) is 10.2. The minimum absolute atomic E-state index is 0.0224. The maximum absolute atomic E-state index is 11.1. The van der Waals surface area contributed by atoms with E-state index in [2.05, 4.69) is 15.3 Å². The molecule has 0 radical (unpaired) electrons. The summed E-state index contributed by atoms with van der Waals surface area (Å²) < 4.78 is 5.17. The second-order valence-corrected chi connectivity index (χ2v) is 4.43. The van der Waals surface area contributed by atoms with Gasteiger partial charge in [-0.15, -0.1) is 0 Å². The zero-order valence-electron chi connectivity index (χ0n) is 11.9. The van der Waals surface area contributed by atoms with Gasteiger partial charge < -0.3 is 15.8 Å². The summed E-state index contributed by atoms with van der Waals surface area (Å²) in [6, 6.07) is 5.31. The number of methoxy groups -OCH3 is 1. The number of nitrogen functional groups attached to an aromatic ring is 1. The molecular formula is C13H15N5O3. The summed E-state index contributed by atoms with van der Waals surface area (Å²) in [6.07, 6.45) is 0. The number of nitrogens with one attached hydrogen (secondary N) is 1. The van der Waals surface area contributed by atoms with Gasteiger partial charge in [-0.25, -0.2) is 4.98 Å². The van der Waals surface area contributed by atoms with Crippen molar-refractivity contribution in [2.75, 3.05) is 18.2 Å². The summed E-state index contributed by atoms with van der Waals surface area (Å²) in [5.41, 5.74) is 7.10. The Bertz CT molecular complexity index is 702. The molecule has 3 N–H and O–H groups in total. The van der Waals surface area contributed by atoms with E-state index in [1.165, 1.54) is 6.92 Å². The van der Waals surface area contributed by atoms with E-state index in [4.69, 9.17) is 10.5 Å². The zero-order valence-corrected chi connectivity index (χ0v) is 11.9. The highest BCUT2D eigenvalue weighted by Gasteiger charge is 2.21. The van der Waals surface area contributed by atoms with E-state index in [1.807, 2.05) is 6.92 Å². The maximum atomic E-state index is 11.1. The third-order valence-corrected chi connectivity index (χ3v) is 2.92. The van der Waals surface area contributed by atoms with Crippen LogP contribution in [0.15, 0.2) is 18.2 Å². The topological polar surface area (TPSA) is 116 Å². The van der Waals surface area contributed by atoms with Crippen LogP contribution in [0, 0.1) is 24.0 Å². The van der Waals surface area contributed by atoms with Crippen molar-refractivity contribution in [2.45, 2.75) is 13.8 Å². The largest absolute Gasteiger partial charge is 0.496 e. The number of nitro groups is 1. The minimum Gasteiger partial charge on any atom is -0.496 e. The number of ether oxygens (including phenoxy) is 1. The Labute approximate surface area is 121 Å². The monoisotopic (exact) mass is 289 g/mol. The van der Waals surface area contributed by atoms with Crippen LogP contribution in [-0.4, -0.2) is 22.0 Å². The number of benzene rings is 1. The summed E-state index contributed by atoms with van der Waals surface area (Å²) in [6.45, 7) is 3.39. The van der Waals surface area contributed by atoms with E-state index in [9.17, 15) is 10.1 Å². The average Bonchev–Trinajstić information content (AvgIpc) is 2.37. The van der Waals surface area contributed by atoms with Crippen molar-refractivity contribution in [1.82, 2.24) is 9.97 Å². The highest BCUT2D eigenvalue weighted by Crippen LogP contribution is 2.30. The van der Waals surface area contributed by atoms with Crippen molar-refractivity contribution in [3.05, 3.63) is 39.6 Å². The Morgan fingerprint density at radius 2 is 2.05 bits per heavy atom. The van der Waals surface area contributed by atoms with Crippen molar-refractivity contribution >= 4 is 23.1 Å². The average molecular weight is 289 g/mol. The molecule has 1 aromatic carbocycles. The van der Waals surface area contributed by atoms with Gasteiger partial charge in [-0.2, -0.15) is 4.98 Å². The van der Waals surface area contributed by atoms with Gasteiger partial charge in [0.25, 0.3) is 0 Å². The molecular weight excluding hydrogens is 274 g/mol. The van der Waals surface area contributed by atoms with Gasteiger partial charge in [-0.3, -0.25) is 10.1 Å². The number of hydrogen-bond donors (Lipinski definition) is 2. The van der Waals surface area contributed by atoms with Crippen molar-refractivity contribution in [1.29, 1.82) is 0 Å². The lowest BCUT2D eigenvalue weighted by Crippen LogP contribution is -2.07. The van der Waals surface area contributed by atoms with E-state index in [-0.39, 0.29) is 23.1 Å². The minimum atomic E-state index is -0.534. The number of nitrogens with zero attached hydrogens (tertiary/aromatic N) is 3. The van der Waals surface area contributed by atoms with Crippen LogP contribution in [-0.2, 0) is 0 Å². The van der Waals surface area contributed by atoms with E-state index in [0.29, 0.717) is 5.69 Å². The first-order valence-electron chi connectivity index (χ1n) is 6.12. The molecule has 2 rings (SSSR count). The first-order chi connectivity index (χ1) is 9.92. The lowest BCUT2D eigenvalue weighted by molar-refractivity contribution is -0.385. The molecule has 21 heavy (non-hydrogen) atoms. The standard InChI is InChI=1S/C13H15N5O3/c1-7-6-9(4-5-10(7)21-3)16-12-11(18(19)20)8(2)15-13(14)17-12/h4-6H,1-3H3,(H3,14,15,16,17). The van der Waals surface area contributed by atoms with E-state index in [0.717, 1.165) is 11.3 Å². The van der Waals surface area contributed by atoms with Gasteiger partial charge in [0.1, 0.15) is 11.4 Å². The molecule has 0 saturated carbocycles. The molecule has 0 unspecified atom stereocenters. The first-order valence-corrected chi connectivity index (χ1v) is 6.12. The van der Waals surface area contributed by atoms with Crippen LogP contribution in [0.1, 0.15) is 11.3 Å². The molecule has 0 bridgehead atoms. The Kier molecular flexibility index (Phi) is 3.88. The molecule has 0 amide bonds. The second-order valence-electron chi connectivity index (χ2n) is 4.43. The van der Waals surface area contributed by atoms with Crippen LogP contribution >= 0.6 is 0 Å². The Morgan fingerprint density at radius 3 is 2.62 bits per heavy atom. The lowest BCUT2D eigenvalue weighted by Gasteiger charge is -2.10. The zero-order chi connectivity index (χ0) is 15.6. The molecule has 0 aliphatic carbocycles. The number of rotatable bonds is 4. The van der Waals surface area contributed by atoms with Crippen LogP contribution in [0.25, 0.3) is 0 Å². The van der Waals surface area contributed by atoms with Crippen LogP contribution < -0.4 is 15.8 Å². The van der Waals surface area contributed by atoms with Crippen LogP contribution in [0.4, 0.5) is 23.1 Å². The number of hydrogen-bond acceptors (Lipinski definition) is 7. The fourth-order valence-corrected chi connectivity index (χ4v) is 1.99. The number of nitrogens with two attached hydrogens (primary N) is 1. The van der Waals surface area contributed by atoms with E-state index < -0.39 is 4.92 Å². The number of aryl methyl sites for hydroxylation is 2. The predicted octanol–water partition coefficient (Wildman–Crippen LogP) is 2.34. The fourth-order valence-electron chi connectivity index (χ4n) is 1.99. The number of anilines is 3. The number of aromatic nitrogens is 2. The van der Waals surface area contributed by atoms with Gasteiger partial charge in [0.05, 0.1) is 12.0 Å². The third kappa shape index (κ3) is 2.99. The molecule has 8 heteroatoms. The summed E-state index contributed by atoms with van der Waals surface area (Å²) in [4.78, 5) is 18.3. The smallest absolute Gasteiger partial charge is 0.332 e. The highest BCUT2D eigenvalue weighted by molar-refractivity contribution is 5.68. The summed E-state index contributed by atoms with van der Waals surface area (Å²) in [5.74, 6) is 0.772. The van der Waals surface area contributed by atoms with Crippen molar-refractivity contribution in [3.8, 4) is 5.75 Å². The van der Waals surface area contributed by atoms with Gasteiger partial charge in [-0.05, 0) is 37.6 Å². The molecule has 1 aromatic heterocycles. The van der Waals surface area contributed by atoms with Crippen molar-refractivity contribution < 1.29 is 9.66 Å². The molecule has 0 atom stereocenters. The second kappa shape index (κ2) is 5.61. The third-order valence-electron chi connectivity index (χ3n) is 2.92. The molecule has 0 aliphatic heterocycles. The quantitative estimate of drug-likeness (QED) is 0.655. The summed E-state index contributed by atoms with van der Waals surface area (Å²) >= 11 is 0. The molecule has 8 nitrogen and oxygen atoms in total. The van der Waals surface area contributed by atoms with Gasteiger partial charge in [0, 0.05) is 5.69 Å². The van der Waals surface area contributed by atoms with Crippen molar-refractivity contribution in [2.24, 2.45) is 0 Å². The summed E-state index contributed by atoms with van der Waals surface area (Å²) in [7, 11) is 1.58. The molecule has 0 spiro atoms. The Morgan fingerprint density at radius 1 is 1.33 bits per heavy atom. The molecule has 0 saturated heterocycles. The molecule has 0 aliphatic rings. The van der Waals surface area contributed by atoms with Crippen LogP contribution in [0.2, 0.25) is 0 Å². The Balaban J connectivity index is 2.44. The maximum Gasteiger partial charge on any atom is 0.332 e. The fraction of sp³-hybridized carbons (Fsp3) is 0.231. The first kappa shape index (κ1) is 14.5. The SMILES string of the molecule is COc1ccc(Nc2nc(N)nc(C)c2[N+](=O)[O-])cc1C. The molecule has 2 aromatic rings. The molecule has 0 fully saturated rings. The highest BCUT2D eigenvalue weighted by atomic mass is 16.6. The van der Waals surface area contributed by atoms with Crippen LogP contribution in [0.5, 0.6) is 5.75 Å². The molecule has 110 valence electrons. The van der Waals surface area contributed by atoms with Gasteiger partial charge in [0.15, 0.2) is 0 Å². The van der Waals surface area contributed by atoms with Gasteiger partial charge in [-0.1, -0.05) is 0 Å². The Hall–Kier alpha value is -2.90. The van der Waals surface area contributed by atoms with Crippen LogP contribution in [0.3, 0.4) is 0 Å². The summed E-state index contributed by atoms with van der Waals surface area (Å²) in [5, 5.41) is 14.0. The van der Waals surface area contributed by atoms with Crippen molar-refractivity contribution in [3.63, 3.8) is 0 Å². The van der Waals surface area contributed by atoms with E-state index in [1.54, 1.807) is 25.3 Å². The van der Waals surface area contributed by atoms with Gasteiger partial charge >= 0.3 is 5.69 Å². The molecule has 1 heterocycles. The van der Waals surface area contributed by atoms with Gasteiger partial charge in [0.2, 0.25) is 11.8 Å². The predicted molar refractivity (Wildman–Crippen MR) is 78.8 cm³/mol.